The second-order valence-corrected chi connectivity index (χ2v) is 5.39. The Balaban J connectivity index is 1.82. The number of aromatic nitrogens is 1. The van der Waals surface area contributed by atoms with E-state index < -0.39 is 0 Å². The third-order valence-electron chi connectivity index (χ3n) is 2.43. The topological polar surface area (TPSA) is 48.1 Å². The third kappa shape index (κ3) is 3.70. The van der Waals surface area contributed by atoms with Crippen LogP contribution in [0.5, 0.6) is 5.75 Å². The summed E-state index contributed by atoms with van der Waals surface area (Å²) in [5.41, 5.74) is 6.71. The number of ether oxygens (including phenoxy) is 1. The van der Waals surface area contributed by atoms with Crippen LogP contribution in [-0.2, 0) is 6.42 Å². The van der Waals surface area contributed by atoms with E-state index in [-0.39, 0.29) is 6.04 Å². The van der Waals surface area contributed by atoms with Crippen molar-refractivity contribution in [2.45, 2.75) is 19.4 Å². The minimum absolute atomic E-state index is 0.00724. The van der Waals surface area contributed by atoms with Crippen molar-refractivity contribution in [3.05, 3.63) is 45.4 Å². The average molecular weight is 283 g/mol. The Labute approximate surface area is 116 Å². The van der Waals surface area contributed by atoms with Crippen LogP contribution in [0.25, 0.3) is 0 Å². The Hall–Kier alpha value is -1.10. The van der Waals surface area contributed by atoms with Crippen LogP contribution in [0.4, 0.5) is 0 Å². The summed E-state index contributed by atoms with van der Waals surface area (Å²) in [6.45, 7) is 2.54. The Morgan fingerprint density at radius 2 is 2.11 bits per heavy atom. The zero-order valence-electron chi connectivity index (χ0n) is 10.1. The lowest BCUT2D eigenvalue weighted by molar-refractivity contribution is 0.321. The lowest BCUT2D eigenvalue weighted by Gasteiger charge is -2.04. The number of hydrogen-bond donors (Lipinski definition) is 1. The molecule has 3 nitrogen and oxygen atoms in total. The first-order valence-corrected chi connectivity index (χ1v) is 6.99. The van der Waals surface area contributed by atoms with Gasteiger partial charge in [-0.2, -0.15) is 0 Å². The van der Waals surface area contributed by atoms with Gasteiger partial charge < -0.3 is 10.5 Å². The zero-order chi connectivity index (χ0) is 13.0. The predicted molar refractivity (Wildman–Crippen MR) is 75.4 cm³/mol. The summed E-state index contributed by atoms with van der Waals surface area (Å²) in [6.07, 6.45) is 0.792. The van der Waals surface area contributed by atoms with Crippen LogP contribution in [0.3, 0.4) is 0 Å². The minimum atomic E-state index is -0.00724. The first-order valence-electron chi connectivity index (χ1n) is 5.73. The van der Waals surface area contributed by atoms with Gasteiger partial charge in [0.1, 0.15) is 5.75 Å². The monoisotopic (exact) mass is 282 g/mol. The molecule has 1 aromatic carbocycles. The van der Waals surface area contributed by atoms with Crippen molar-refractivity contribution in [3.8, 4) is 5.75 Å². The fraction of sp³-hybridized carbons (Fsp3) is 0.308. The van der Waals surface area contributed by atoms with Gasteiger partial charge in [0, 0.05) is 22.9 Å². The first-order chi connectivity index (χ1) is 8.65. The molecule has 1 aromatic heterocycles. The Kier molecular flexibility index (Phi) is 4.58. The maximum absolute atomic E-state index is 5.80. The van der Waals surface area contributed by atoms with E-state index in [1.54, 1.807) is 11.3 Å². The van der Waals surface area contributed by atoms with Crippen molar-refractivity contribution in [2.24, 2.45) is 5.73 Å². The number of nitrogens with two attached hydrogens (primary N) is 1. The van der Waals surface area contributed by atoms with Crippen molar-refractivity contribution >= 4 is 22.9 Å². The van der Waals surface area contributed by atoms with Crippen molar-refractivity contribution in [3.63, 3.8) is 0 Å². The molecule has 1 atom stereocenters. The summed E-state index contributed by atoms with van der Waals surface area (Å²) in [5, 5.41) is 3.77. The van der Waals surface area contributed by atoms with Crippen LogP contribution >= 0.6 is 22.9 Å². The molecule has 0 aliphatic rings. The molecule has 5 heteroatoms. The van der Waals surface area contributed by atoms with Gasteiger partial charge in [0.05, 0.1) is 17.3 Å². The summed E-state index contributed by atoms with van der Waals surface area (Å²) in [4.78, 5) is 4.45. The largest absolute Gasteiger partial charge is 0.493 e. The smallest absolute Gasteiger partial charge is 0.119 e. The second kappa shape index (κ2) is 6.18. The number of nitrogens with zero attached hydrogens (tertiary/aromatic N) is 1. The van der Waals surface area contributed by atoms with Gasteiger partial charge in [0.2, 0.25) is 0 Å². The van der Waals surface area contributed by atoms with Crippen molar-refractivity contribution in [1.29, 1.82) is 0 Å². The molecule has 2 rings (SSSR count). The van der Waals surface area contributed by atoms with Crippen LogP contribution in [0.1, 0.15) is 23.7 Å². The van der Waals surface area contributed by atoms with Gasteiger partial charge in [0.25, 0.3) is 0 Å². The Morgan fingerprint density at radius 1 is 1.39 bits per heavy atom. The lowest BCUT2D eigenvalue weighted by Crippen LogP contribution is -2.06. The first kappa shape index (κ1) is 13.3. The molecule has 0 saturated heterocycles. The molecule has 0 fully saturated rings. The standard InChI is InChI=1S/C13H15ClN2OS/c1-9(15)12-8-18-13(16-12)6-7-17-11-4-2-10(14)3-5-11/h2-5,8-9H,6-7,15H2,1H3. The molecule has 1 unspecified atom stereocenters. The van der Waals surface area contributed by atoms with Gasteiger partial charge in [-0.15, -0.1) is 11.3 Å². The van der Waals surface area contributed by atoms with E-state index in [4.69, 9.17) is 22.1 Å². The molecule has 1 heterocycles. The fourth-order valence-corrected chi connectivity index (χ4v) is 2.45. The van der Waals surface area contributed by atoms with Crippen molar-refractivity contribution in [1.82, 2.24) is 4.98 Å². The predicted octanol–water partition coefficient (Wildman–Crippen LogP) is 3.44. The highest BCUT2D eigenvalue weighted by Crippen LogP contribution is 2.17. The van der Waals surface area contributed by atoms with Gasteiger partial charge in [-0.25, -0.2) is 4.98 Å². The lowest BCUT2D eigenvalue weighted by atomic mass is 10.3. The highest BCUT2D eigenvalue weighted by Gasteiger charge is 2.05. The third-order valence-corrected chi connectivity index (χ3v) is 3.61. The molecule has 2 aromatic rings. The van der Waals surface area contributed by atoms with Gasteiger partial charge in [-0.05, 0) is 31.2 Å². The molecule has 0 spiro atoms. The molecule has 18 heavy (non-hydrogen) atoms. The van der Waals surface area contributed by atoms with Crippen molar-refractivity contribution in [2.75, 3.05) is 6.61 Å². The van der Waals surface area contributed by atoms with E-state index in [1.165, 1.54) is 0 Å². The summed E-state index contributed by atoms with van der Waals surface area (Å²) in [7, 11) is 0. The number of thiazole rings is 1. The summed E-state index contributed by atoms with van der Waals surface area (Å²) in [5.74, 6) is 0.823. The molecule has 2 N–H and O–H groups in total. The fourth-order valence-electron chi connectivity index (χ4n) is 1.44. The number of hydrogen-bond acceptors (Lipinski definition) is 4. The van der Waals surface area contributed by atoms with E-state index in [2.05, 4.69) is 4.98 Å². The number of rotatable bonds is 5. The maximum atomic E-state index is 5.80. The SMILES string of the molecule is CC(N)c1csc(CCOc2ccc(Cl)cc2)n1. The Morgan fingerprint density at radius 3 is 2.72 bits per heavy atom. The number of halogens is 1. The number of benzene rings is 1. The average Bonchev–Trinajstić information content (AvgIpc) is 2.81. The molecule has 0 aliphatic heterocycles. The summed E-state index contributed by atoms with van der Waals surface area (Å²) in [6, 6.07) is 7.34. The molecule has 0 bridgehead atoms. The highest BCUT2D eigenvalue weighted by atomic mass is 35.5. The van der Waals surface area contributed by atoms with Crippen LogP contribution in [0.15, 0.2) is 29.6 Å². The highest BCUT2D eigenvalue weighted by molar-refractivity contribution is 7.09. The van der Waals surface area contributed by atoms with E-state index >= 15 is 0 Å². The molecule has 0 radical (unpaired) electrons. The summed E-state index contributed by atoms with van der Waals surface area (Å²) >= 11 is 7.42. The normalized spacial score (nSPS) is 12.4. The maximum Gasteiger partial charge on any atom is 0.119 e. The van der Waals surface area contributed by atoms with Gasteiger partial charge in [0.15, 0.2) is 0 Å². The minimum Gasteiger partial charge on any atom is -0.493 e. The molecule has 0 saturated carbocycles. The van der Waals surface area contributed by atoms with Crippen molar-refractivity contribution < 1.29 is 4.74 Å². The van der Waals surface area contributed by atoms with E-state index in [0.717, 1.165) is 22.9 Å². The quantitative estimate of drug-likeness (QED) is 0.914. The van der Waals surface area contributed by atoms with E-state index in [1.807, 2.05) is 36.6 Å². The van der Waals surface area contributed by atoms with Crippen LogP contribution in [-0.4, -0.2) is 11.6 Å². The van der Waals surface area contributed by atoms with Gasteiger partial charge >= 0.3 is 0 Å². The Bertz CT molecular complexity index is 496. The van der Waals surface area contributed by atoms with Crippen LogP contribution < -0.4 is 10.5 Å². The molecule has 0 aliphatic carbocycles. The van der Waals surface area contributed by atoms with Gasteiger partial charge in [-0.1, -0.05) is 11.6 Å². The molecule has 96 valence electrons. The van der Waals surface area contributed by atoms with Gasteiger partial charge in [-0.3, -0.25) is 0 Å². The van der Waals surface area contributed by atoms with Crippen LogP contribution in [0, 0.1) is 0 Å². The molecular formula is C13H15ClN2OS. The molecule has 0 amide bonds. The summed E-state index contributed by atoms with van der Waals surface area (Å²) < 4.78 is 5.61. The van der Waals surface area contributed by atoms with E-state index in [9.17, 15) is 0 Å². The second-order valence-electron chi connectivity index (χ2n) is 4.01. The van der Waals surface area contributed by atoms with Crippen LogP contribution in [0.2, 0.25) is 5.02 Å². The van der Waals surface area contributed by atoms with E-state index in [0.29, 0.717) is 11.6 Å². The molecular weight excluding hydrogens is 268 g/mol. The zero-order valence-corrected chi connectivity index (χ0v) is 11.7.